The number of benzene rings is 3. The Labute approximate surface area is 184 Å². The number of aromatic nitrogens is 4. The lowest BCUT2D eigenvalue weighted by Gasteiger charge is -1.99. The fourth-order valence-electron chi connectivity index (χ4n) is 4.31. The topological polar surface area (TPSA) is 107 Å². The molecule has 0 saturated heterocycles. The van der Waals surface area contributed by atoms with E-state index in [-0.39, 0.29) is 21.5 Å². The second kappa shape index (κ2) is 6.46. The Kier molecular flexibility index (Phi) is 3.74. The van der Waals surface area contributed by atoms with E-state index in [1.807, 2.05) is 31.2 Å². The van der Waals surface area contributed by atoms with Gasteiger partial charge in [-0.3, -0.25) is 23.7 Å². The number of nitrogens with zero attached hydrogens (tertiary/aromatic N) is 3. The van der Waals surface area contributed by atoms with Gasteiger partial charge in [0.25, 0.3) is 22.2 Å². The number of hydrogen-bond acceptors (Lipinski definition) is 5. The quantitative estimate of drug-likeness (QED) is 0.448. The van der Waals surface area contributed by atoms with Crippen LogP contribution in [0.3, 0.4) is 0 Å². The van der Waals surface area contributed by atoms with E-state index in [0.717, 1.165) is 20.3 Å². The highest BCUT2D eigenvalue weighted by Gasteiger charge is 2.19. The Morgan fingerprint density at radius 3 is 1.91 bits per heavy atom. The number of aryl methyl sites for hydroxylation is 1. The van der Waals surface area contributed by atoms with Crippen LogP contribution in [0, 0.1) is 6.92 Å². The number of nitrogens with one attached hydrogen (secondary N) is 1. The van der Waals surface area contributed by atoms with Gasteiger partial charge in [0, 0.05) is 12.6 Å². The van der Waals surface area contributed by atoms with Crippen molar-refractivity contribution < 1.29 is 0 Å². The molecule has 0 aliphatic carbocycles. The molecule has 3 aromatic heterocycles. The third-order valence-corrected chi connectivity index (χ3v) is 6.14. The zero-order valence-electron chi connectivity index (χ0n) is 17.7. The molecule has 0 atom stereocenters. The minimum atomic E-state index is -0.537. The maximum Gasteiger partial charge on any atom is 0.266 e. The summed E-state index contributed by atoms with van der Waals surface area (Å²) in [5.41, 5.74) is 1.77. The van der Waals surface area contributed by atoms with E-state index in [0.29, 0.717) is 22.5 Å². The van der Waals surface area contributed by atoms with Crippen molar-refractivity contribution in [3.05, 3.63) is 102 Å². The van der Waals surface area contributed by atoms with Crippen molar-refractivity contribution in [3.8, 4) is 17.1 Å². The average Bonchev–Trinajstić information content (AvgIpc) is 3.41. The molecule has 0 radical (unpaired) electrons. The first-order chi connectivity index (χ1) is 15.8. The Balaban J connectivity index is 1.56. The van der Waals surface area contributed by atoms with Crippen molar-refractivity contribution in [2.45, 2.75) is 6.92 Å². The average molecular weight is 436 g/mol. The van der Waals surface area contributed by atoms with E-state index in [2.05, 4.69) is 9.97 Å². The highest BCUT2D eigenvalue weighted by molar-refractivity contribution is 5.98. The number of imidazole rings is 1. The number of fused-ring (bicyclic) bond motifs is 3. The zero-order chi connectivity index (χ0) is 23.0. The molecular formula is C25H16N4O4. The second-order valence-corrected chi connectivity index (χ2v) is 8.21. The maximum absolute atomic E-state index is 13.1. The molecule has 0 bridgehead atoms. The first-order valence-corrected chi connectivity index (χ1v) is 10.3. The fourth-order valence-corrected chi connectivity index (χ4v) is 4.31. The summed E-state index contributed by atoms with van der Waals surface area (Å²) >= 11 is 0. The van der Waals surface area contributed by atoms with Gasteiger partial charge in [-0.05, 0) is 37.3 Å². The molecule has 160 valence electrons. The van der Waals surface area contributed by atoms with Crippen LogP contribution in [0.25, 0.3) is 49.7 Å². The fraction of sp³-hybridized carbons (Fsp3) is 0.0800. The van der Waals surface area contributed by atoms with E-state index in [1.54, 1.807) is 18.2 Å². The molecule has 0 aliphatic rings. The summed E-state index contributed by atoms with van der Waals surface area (Å²) in [5.74, 6) is 0.682. The highest BCUT2D eigenvalue weighted by Crippen LogP contribution is 2.23. The lowest BCUT2D eigenvalue weighted by Crippen LogP contribution is -2.23. The predicted octanol–water partition coefficient (Wildman–Crippen LogP) is 2.29. The van der Waals surface area contributed by atoms with E-state index < -0.39 is 22.2 Å². The molecule has 0 fully saturated rings. The summed E-state index contributed by atoms with van der Waals surface area (Å²) in [6.45, 7) is 2.01. The number of hydrogen-bond donors (Lipinski definition) is 1. The van der Waals surface area contributed by atoms with E-state index in [1.165, 1.54) is 19.2 Å². The monoisotopic (exact) mass is 436 g/mol. The van der Waals surface area contributed by atoms with Crippen molar-refractivity contribution in [2.24, 2.45) is 7.05 Å². The Morgan fingerprint density at radius 1 is 0.727 bits per heavy atom. The van der Waals surface area contributed by atoms with Crippen LogP contribution in [-0.4, -0.2) is 19.1 Å². The van der Waals surface area contributed by atoms with Gasteiger partial charge < -0.3 is 4.98 Å². The summed E-state index contributed by atoms with van der Waals surface area (Å²) in [7, 11) is 1.37. The van der Waals surface area contributed by atoms with E-state index >= 15 is 0 Å². The van der Waals surface area contributed by atoms with Crippen LogP contribution in [-0.2, 0) is 7.05 Å². The lowest BCUT2D eigenvalue weighted by molar-refractivity contribution is 0.856. The molecule has 8 heteroatoms. The molecule has 6 aromatic rings. The minimum absolute atomic E-state index is 0.111. The van der Waals surface area contributed by atoms with Crippen molar-refractivity contribution >= 4 is 32.6 Å². The Hall–Kier alpha value is -4.59. The van der Waals surface area contributed by atoms with Crippen LogP contribution < -0.4 is 22.2 Å². The summed E-state index contributed by atoms with van der Waals surface area (Å²) in [6, 6.07) is 15.7. The smallest absolute Gasteiger partial charge is 0.266 e. The highest BCUT2D eigenvalue weighted by atomic mass is 16.2. The number of H-pyrrole nitrogens is 1. The van der Waals surface area contributed by atoms with Gasteiger partial charge in [-0.25, -0.2) is 9.55 Å². The molecule has 0 amide bonds. The third-order valence-electron chi connectivity index (χ3n) is 6.14. The van der Waals surface area contributed by atoms with Crippen LogP contribution in [0.1, 0.15) is 5.56 Å². The molecule has 0 unspecified atom stereocenters. The van der Waals surface area contributed by atoms with Crippen molar-refractivity contribution in [2.75, 3.05) is 0 Å². The number of rotatable bonds is 2. The zero-order valence-corrected chi connectivity index (χ0v) is 17.7. The van der Waals surface area contributed by atoms with Crippen molar-refractivity contribution in [3.63, 3.8) is 0 Å². The van der Waals surface area contributed by atoms with Crippen molar-refractivity contribution in [1.29, 1.82) is 0 Å². The first kappa shape index (κ1) is 19.1. The van der Waals surface area contributed by atoms with E-state index in [4.69, 9.17) is 0 Å². The normalized spacial score (nSPS) is 11.8. The molecule has 1 N–H and O–H groups in total. The standard InChI is InChI=1S/C25H16N4O4/c1-12-3-5-13(6-4-12)21-26-19-8-7-14(9-20(19)27-21)29-24(32)17-10-15-16(11-18(17)25(29)33)23(31)28(2)22(15)30/h3-11H,1-2H3,(H,26,27). The Bertz CT molecular complexity index is 1880. The molecule has 8 nitrogen and oxygen atoms in total. The minimum Gasteiger partial charge on any atom is -0.338 e. The van der Waals surface area contributed by atoms with Gasteiger partial charge in [0.15, 0.2) is 0 Å². The van der Waals surface area contributed by atoms with Gasteiger partial charge in [0.1, 0.15) is 5.82 Å². The van der Waals surface area contributed by atoms with Crippen LogP contribution in [0.2, 0.25) is 0 Å². The van der Waals surface area contributed by atoms with Gasteiger partial charge in [-0.1, -0.05) is 29.8 Å². The number of aromatic amines is 1. The molecule has 6 rings (SSSR count). The van der Waals surface area contributed by atoms with Gasteiger partial charge in [-0.15, -0.1) is 0 Å². The predicted molar refractivity (Wildman–Crippen MR) is 127 cm³/mol. The summed E-state index contributed by atoms with van der Waals surface area (Å²) in [5, 5.41) is 0.493. The molecule has 33 heavy (non-hydrogen) atoms. The second-order valence-electron chi connectivity index (χ2n) is 8.21. The van der Waals surface area contributed by atoms with E-state index in [9.17, 15) is 19.2 Å². The maximum atomic E-state index is 13.1. The van der Waals surface area contributed by atoms with Crippen molar-refractivity contribution in [1.82, 2.24) is 19.1 Å². The largest absolute Gasteiger partial charge is 0.338 e. The first-order valence-electron chi connectivity index (χ1n) is 10.3. The van der Waals surface area contributed by atoms with Gasteiger partial charge >= 0.3 is 0 Å². The lowest BCUT2D eigenvalue weighted by atomic mass is 10.1. The van der Waals surface area contributed by atoms with Crippen LogP contribution in [0.5, 0.6) is 0 Å². The molecule has 3 aromatic carbocycles. The van der Waals surface area contributed by atoms with Crippen LogP contribution in [0.15, 0.2) is 73.8 Å². The Morgan fingerprint density at radius 2 is 1.30 bits per heavy atom. The SMILES string of the molecule is Cc1ccc(-c2nc3ccc(-n4c(=O)c5cc6c(=O)n(C)c(=O)c6cc5c4=O)cc3[nH]2)cc1. The molecule has 0 spiro atoms. The third kappa shape index (κ3) is 2.61. The summed E-state index contributed by atoms with van der Waals surface area (Å²) < 4.78 is 2.04. The summed E-state index contributed by atoms with van der Waals surface area (Å²) in [4.78, 5) is 58.8. The molecular weight excluding hydrogens is 420 g/mol. The molecule has 0 aliphatic heterocycles. The van der Waals surface area contributed by atoms with Gasteiger partial charge in [0.2, 0.25) is 0 Å². The summed E-state index contributed by atoms with van der Waals surface area (Å²) in [6.07, 6.45) is 0. The van der Waals surface area contributed by atoms with Gasteiger partial charge in [0.05, 0.1) is 38.3 Å². The van der Waals surface area contributed by atoms with Crippen LogP contribution >= 0.6 is 0 Å². The van der Waals surface area contributed by atoms with Crippen LogP contribution in [0.4, 0.5) is 0 Å². The molecule has 3 heterocycles. The molecule has 0 saturated carbocycles. The van der Waals surface area contributed by atoms with Gasteiger partial charge in [-0.2, -0.15) is 0 Å².